The molecule has 146 valence electrons. The number of carbonyl (C=O) groups excluding carboxylic acids is 2. The second-order valence-corrected chi connectivity index (χ2v) is 6.79. The zero-order valence-electron chi connectivity index (χ0n) is 15.8. The van der Waals surface area contributed by atoms with Crippen molar-refractivity contribution in [3.63, 3.8) is 0 Å². The molecule has 2 amide bonds. The van der Waals surface area contributed by atoms with Crippen LogP contribution >= 0.6 is 0 Å². The number of hydrogen-bond donors (Lipinski definition) is 2. The highest BCUT2D eigenvalue weighted by Gasteiger charge is 2.14. The van der Waals surface area contributed by atoms with Crippen LogP contribution in [0.2, 0.25) is 0 Å². The van der Waals surface area contributed by atoms with Crippen LogP contribution in [0.25, 0.3) is 0 Å². The second-order valence-electron chi connectivity index (χ2n) is 6.79. The average molecular weight is 379 g/mol. The van der Waals surface area contributed by atoms with Crippen molar-refractivity contribution in [1.82, 2.24) is 5.43 Å². The van der Waals surface area contributed by atoms with Crippen molar-refractivity contribution < 1.29 is 14.3 Å². The number of carbonyl (C=O) groups is 2. The minimum Gasteiger partial charge on any atom is -0.489 e. The first-order valence-electron chi connectivity index (χ1n) is 9.64. The third kappa shape index (κ3) is 6.23. The minimum atomic E-state index is -0.763. The molecular formula is C22H25N3O3. The van der Waals surface area contributed by atoms with E-state index < -0.39 is 11.8 Å². The molecule has 6 nitrogen and oxygen atoms in total. The van der Waals surface area contributed by atoms with Crippen LogP contribution in [0.3, 0.4) is 0 Å². The van der Waals surface area contributed by atoms with Crippen LogP contribution in [0.5, 0.6) is 5.75 Å². The molecule has 0 spiro atoms. The van der Waals surface area contributed by atoms with Crippen molar-refractivity contribution in [2.24, 2.45) is 5.10 Å². The molecule has 0 bridgehead atoms. The second kappa shape index (κ2) is 10.3. The first kappa shape index (κ1) is 19.6. The van der Waals surface area contributed by atoms with E-state index in [2.05, 4.69) is 15.8 Å². The van der Waals surface area contributed by atoms with Gasteiger partial charge in [-0.3, -0.25) is 9.59 Å². The number of amides is 2. The van der Waals surface area contributed by atoms with Gasteiger partial charge in [0.15, 0.2) is 0 Å². The fourth-order valence-corrected chi connectivity index (χ4v) is 2.99. The Balaban J connectivity index is 1.46. The summed E-state index contributed by atoms with van der Waals surface area (Å²) in [5.41, 5.74) is 4.92. The standard InChI is InChI=1S/C22H25N3O3/c26-21(22(27)25-24-19-10-6-1-2-7-11-19)23-18-12-14-20(15-13-18)28-16-17-8-4-3-5-9-17/h3-5,8-9,12-15H,1-2,6-7,10-11,16H2,(H,23,26)(H,25,27). The molecule has 2 aromatic rings. The maximum Gasteiger partial charge on any atom is 0.329 e. The lowest BCUT2D eigenvalue weighted by Gasteiger charge is -2.08. The summed E-state index contributed by atoms with van der Waals surface area (Å²) < 4.78 is 5.71. The minimum absolute atomic E-state index is 0.468. The third-order valence-electron chi connectivity index (χ3n) is 4.56. The first-order valence-corrected chi connectivity index (χ1v) is 9.64. The number of ether oxygens (including phenoxy) is 1. The van der Waals surface area contributed by atoms with Crippen molar-refractivity contribution in [1.29, 1.82) is 0 Å². The summed E-state index contributed by atoms with van der Waals surface area (Å²) in [5, 5.41) is 6.68. The maximum atomic E-state index is 12.0. The number of nitrogens with one attached hydrogen (secondary N) is 2. The Hall–Kier alpha value is -3.15. The lowest BCUT2D eigenvalue weighted by molar-refractivity contribution is -0.136. The molecule has 2 N–H and O–H groups in total. The van der Waals surface area contributed by atoms with Crippen LogP contribution in [0, 0.1) is 0 Å². The molecule has 1 saturated carbocycles. The highest BCUT2D eigenvalue weighted by molar-refractivity contribution is 6.39. The fourth-order valence-electron chi connectivity index (χ4n) is 2.99. The number of anilines is 1. The summed E-state index contributed by atoms with van der Waals surface area (Å²) in [4.78, 5) is 24.0. The normalized spacial score (nSPS) is 13.9. The predicted molar refractivity (Wildman–Crippen MR) is 109 cm³/mol. The van der Waals surface area contributed by atoms with Crippen molar-refractivity contribution in [2.75, 3.05) is 5.32 Å². The van der Waals surface area contributed by atoms with Crippen LogP contribution in [0.15, 0.2) is 59.7 Å². The van der Waals surface area contributed by atoms with E-state index in [0.29, 0.717) is 18.0 Å². The van der Waals surface area contributed by atoms with Gasteiger partial charge < -0.3 is 10.1 Å². The van der Waals surface area contributed by atoms with Gasteiger partial charge in [0.2, 0.25) is 0 Å². The molecule has 6 heteroatoms. The van der Waals surface area contributed by atoms with E-state index in [9.17, 15) is 9.59 Å². The van der Waals surface area contributed by atoms with E-state index in [1.807, 2.05) is 30.3 Å². The van der Waals surface area contributed by atoms with Crippen LogP contribution in [0.4, 0.5) is 5.69 Å². The number of rotatable bonds is 5. The Morgan fingerprint density at radius 3 is 2.21 bits per heavy atom. The molecule has 28 heavy (non-hydrogen) atoms. The summed E-state index contributed by atoms with van der Waals surface area (Å²) in [5.74, 6) is -0.817. The molecule has 1 fully saturated rings. The Bertz CT molecular complexity index is 807. The van der Waals surface area contributed by atoms with Gasteiger partial charge in [-0.25, -0.2) is 5.43 Å². The molecule has 0 saturated heterocycles. The quantitative estimate of drug-likeness (QED) is 0.468. The Morgan fingerprint density at radius 1 is 0.857 bits per heavy atom. The van der Waals surface area contributed by atoms with Crippen molar-refractivity contribution in [2.45, 2.75) is 45.1 Å². The van der Waals surface area contributed by atoms with E-state index >= 15 is 0 Å². The molecule has 1 aliphatic carbocycles. The smallest absolute Gasteiger partial charge is 0.329 e. The lowest BCUT2D eigenvalue weighted by atomic mass is 10.2. The molecule has 1 aliphatic rings. The van der Waals surface area contributed by atoms with Crippen molar-refractivity contribution in [3.8, 4) is 5.75 Å². The number of benzene rings is 2. The SMILES string of the molecule is O=C(NN=C1CCCCCC1)C(=O)Nc1ccc(OCc2ccccc2)cc1. The molecular weight excluding hydrogens is 354 g/mol. The number of hydrogen-bond acceptors (Lipinski definition) is 4. The number of nitrogens with zero attached hydrogens (tertiary/aromatic N) is 1. The van der Waals surface area contributed by atoms with Crippen molar-refractivity contribution in [3.05, 3.63) is 60.2 Å². The fraction of sp³-hybridized carbons (Fsp3) is 0.318. The van der Waals surface area contributed by atoms with E-state index in [-0.39, 0.29) is 0 Å². The van der Waals surface area contributed by atoms with E-state index in [1.165, 1.54) is 12.8 Å². The molecule has 0 aromatic heterocycles. The van der Waals surface area contributed by atoms with Gasteiger partial charge >= 0.3 is 11.8 Å². The van der Waals surface area contributed by atoms with Crippen LogP contribution in [-0.4, -0.2) is 17.5 Å². The first-order chi connectivity index (χ1) is 13.7. The van der Waals surface area contributed by atoms with Gasteiger partial charge in [-0.15, -0.1) is 0 Å². The lowest BCUT2D eigenvalue weighted by Crippen LogP contribution is -2.33. The van der Waals surface area contributed by atoms with E-state index in [4.69, 9.17) is 4.74 Å². The van der Waals surface area contributed by atoms with Gasteiger partial charge in [0.25, 0.3) is 0 Å². The van der Waals surface area contributed by atoms with E-state index in [0.717, 1.165) is 37.0 Å². The van der Waals surface area contributed by atoms with Crippen LogP contribution < -0.4 is 15.5 Å². The average Bonchev–Trinajstić information content (AvgIpc) is 3.01. The summed E-state index contributed by atoms with van der Waals surface area (Å²) in [6.07, 6.45) is 6.31. The number of hydrazone groups is 1. The van der Waals surface area contributed by atoms with Crippen LogP contribution in [0.1, 0.15) is 44.1 Å². The largest absolute Gasteiger partial charge is 0.489 e. The zero-order valence-corrected chi connectivity index (χ0v) is 15.8. The van der Waals surface area contributed by atoms with Gasteiger partial charge in [0.1, 0.15) is 12.4 Å². The molecule has 2 aromatic carbocycles. The molecule has 0 atom stereocenters. The van der Waals surface area contributed by atoms with Gasteiger partial charge in [-0.2, -0.15) is 5.10 Å². The Labute approximate surface area is 165 Å². The van der Waals surface area contributed by atoms with Gasteiger partial charge in [0.05, 0.1) is 0 Å². The highest BCUT2D eigenvalue weighted by atomic mass is 16.5. The monoisotopic (exact) mass is 379 g/mol. The Morgan fingerprint density at radius 2 is 1.54 bits per heavy atom. The summed E-state index contributed by atoms with van der Waals surface area (Å²) in [7, 11) is 0. The summed E-state index contributed by atoms with van der Waals surface area (Å²) >= 11 is 0. The Kier molecular flexibility index (Phi) is 7.18. The third-order valence-corrected chi connectivity index (χ3v) is 4.56. The van der Waals surface area contributed by atoms with Gasteiger partial charge in [0, 0.05) is 11.4 Å². The zero-order chi connectivity index (χ0) is 19.6. The maximum absolute atomic E-state index is 12.0. The topological polar surface area (TPSA) is 79.8 Å². The molecule has 3 rings (SSSR count). The molecule has 0 heterocycles. The van der Waals surface area contributed by atoms with Gasteiger partial charge in [-0.05, 0) is 55.5 Å². The summed E-state index contributed by atoms with van der Waals surface area (Å²) in [6.45, 7) is 0.468. The van der Waals surface area contributed by atoms with Crippen LogP contribution in [-0.2, 0) is 16.2 Å². The van der Waals surface area contributed by atoms with Gasteiger partial charge in [-0.1, -0.05) is 43.2 Å². The molecule has 0 unspecified atom stereocenters. The van der Waals surface area contributed by atoms with Crippen molar-refractivity contribution >= 4 is 23.2 Å². The molecule has 0 aliphatic heterocycles. The van der Waals surface area contributed by atoms with E-state index in [1.54, 1.807) is 24.3 Å². The molecule has 0 radical (unpaired) electrons. The highest BCUT2D eigenvalue weighted by Crippen LogP contribution is 2.17. The summed E-state index contributed by atoms with van der Waals surface area (Å²) in [6, 6.07) is 16.8. The predicted octanol–water partition coefficient (Wildman–Crippen LogP) is 4.03.